The van der Waals surface area contributed by atoms with E-state index < -0.39 is 0 Å². The highest BCUT2D eigenvalue weighted by Crippen LogP contribution is 2.33. The zero-order chi connectivity index (χ0) is 13.0. The van der Waals surface area contributed by atoms with Crippen LogP contribution in [0.3, 0.4) is 0 Å². The third-order valence-electron chi connectivity index (χ3n) is 3.90. The van der Waals surface area contributed by atoms with Crippen LogP contribution in [0.15, 0.2) is 18.2 Å². The number of nitrogens with two attached hydrogens (primary N) is 1. The maximum atomic E-state index is 9.00. The molecule has 1 saturated heterocycles. The number of aliphatic hydroxyl groups is 1. The summed E-state index contributed by atoms with van der Waals surface area (Å²) in [6, 6.07) is 6.95. The molecule has 1 aliphatic heterocycles. The van der Waals surface area contributed by atoms with Gasteiger partial charge in [-0.15, -0.1) is 0 Å². The van der Waals surface area contributed by atoms with Gasteiger partial charge in [-0.1, -0.05) is 18.2 Å². The Kier molecular flexibility index (Phi) is 4.61. The predicted molar refractivity (Wildman–Crippen MR) is 75.8 cm³/mol. The van der Waals surface area contributed by atoms with Gasteiger partial charge in [-0.3, -0.25) is 0 Å². The summed E-state index contributed by atoms with van der Waals surface area (Å²) in [7, 11) is 0. The molecule has 0 aromatic heterocycles. The van der Waals surface area contributed by atoms with Crippen molar-refractivity contribution in [3.8, 4) is 0 Å². The van der Waals surface area contributed by atoms with Crippen LogP contribution in [0.5, 0.6) is 0 Å². The van der Waals surface area contributed by atoms with E-state index in [1.807, 2.05) is 0 Å². The Balaban J connectivity index is 2.24. The van der Waals surface area contributed by atoms with Crippen LogP contribution in [0.2, 0.25) is 0 Å². The van der Waals surface area contributed by atoms with Gasteiger partial charge in [0.25, 0.3) is 0 Å². The van der Waals surface area contributed by atoms with E-state index in [4.69, 9.17) is 10.8 Å². The zero-order valence-electron chi connectivity index (χ0n) is 11.2. The van der Waals surface area contributed by atoms with Crippen LogP contribution in [-0.4, -0.2) is 24.3 Å². The van der Waals surface area contributed by atoms with Crippen LogP contribution in [0.4, 0.5) is 5.69 Å². The third-order valence-corrected chi connectivity index (χ3v) is 3.90. The van der Waals surface area contributed by atoms with Crippen molar-refractivity contribution in [2.75, 3.05) is 18.1 Å². The molecular weight excluding hydrogens is 224 g/mol. The lowest BCUT2D eigenvalue weighted by Gasteiger charge is -2.30. The van der Waals surface area contributed by atoms with Crippen molar-refractivity contribution in [2.45, 2.75) is 45.2 Å². The number of hydrogen-bond donors (Lipinski definition) is 2. The molecule has 1 aliphatic rings. The standard InChI is InChI=1S/C15H24N2O/c1-12-5-2-6-13(11-16)15(12)17-9-3-7-14(17)8-4-10-18/h2,5-6,14,18H,3-4,7-11,16H2,1H3. The van der Waals surface area contributed by atoms with Crippen molar-refractivity contribution in [1.29, 1.82) is 0 Å². The maximum Gasteiger partial charge on any atom is 0.0443 e. The van der Waals surface area contributed by atoms with E-state index in [1.54, 1.807) is 0 Å². The van der Waals surface area contributed by atoms with E-state index in [0.717, 1.165) is 19.4 Å². The summed E-state index contributed by atoms with van der Waals surface area (Å²) in [5.41, 5.74) is 9.76. The Morgan fingerprint density at radius 1 is 1.44 bits per heavy atom. The Bertz CT molecular complexity index is 392. The van der Waals surface area contributed by atoms with Crippen LogP contribution in [-0.2, 0) is 6.54 Å². The minimum Gasteiger partial charge on any atom is -0.396 e. The van der Waals surface area contributed by atoms with E-state index in [9.17, 15) is 0 Å². The molecule has 3 heteroatoms. The first-order chi connectivity index (χ1) is 8.77. The van der Waals surface area contributed by atoms with Gasteiger partial charge in [-0.25, -0.2) is 0 Å². The Morgan fingerprint density at radius 3 is 3.00 bits per heavy atom. The van der Waals surface area contributed by atoms with Crippen LogP contribution < -0.4 is 10.6 Å². The quantitative estimate of drug-likeness (QED) is 0.840. The Morgan fingerprint density at radius 2 is 2.28 bits per heavy atom. The van der Waals surface area contributed by atoms with E-state index in [2.05, 4.69) is 30.0 Å². The van der Waals surface area contributed by atoms with Crippen molar-refractivity contribution >= 4 is 5.69 Å². The second-order valence-corrected chi connectivity index (χ2v) is 5.14. The molecular formula is C15H24N2O. The van der Waals surface area contributed by atoms with E-state index >= 15 is 0 Å². The predicted octanol–water partition coefficient (Wildman–Crippen LogP) is 2.20. The van der Waals surface area contributed by atoms with Gasteiger partial charge in [0.15, 0.2) is 0 Å². The smallest absolute Gasteiger partial charge is 0.0443 e. The number of hydrogen-bond acceptors (Lipinski definition) is 3. The Hall–Kier alpha value is -1.06. The monoisotopic (exact) mass is 248 g/mol. The van der Waals surface area contributed by atoms with E-state index in [1.165, 1.54) is 29.7 Å². The molecule has 0 saturated carbocycles. The first-order valence-corrected chi connectivity index (χ1v) is 6.94. The molecule has 0 spiro atoms. The minimum absolute atomic E-state index is 0.294. The molecule has 18 heavy (non-hydrogen) atoms. The number of benzene rings is 1. The molecule has 0 radical (unpaired) electrons. The fraction of sp³-hybridized carbons (Fsp3) is 0.600. The highest BCUT2D eigenvalue weighted by Gasteiger charge is 2.26. The van der Waals surface area contributed by atoms with E-state index in [0.29, 0.717) is 19.2 Å². The van der Waals surface area contributed by atoms with Gasteiger partial charge in [0.2, 0.25) is 0 Å². The van der Waals surface area contributed by atoms with Gasteiger partial charge in [0.1, 0.15) is 0 Å². The summed E-state index contributed by atoms with van der Waals surface area (Å²) in [6.45, 7) is 4.17. The number of aryl methyl sites for hydroxylation is 1. The van der Waals surface area contributed by atoms with Gasteiger partial charge in [-0.05, 0) is 43.7 Å². The first kappa shape index (κ1) is 13.4. The first-order valence-electron chi connectivity index (χ1n) is 6.94. The van der Waals surface area contributed by atoms with Gasteiger partial charge in [0.05, 0.1) is 0 Å². The number of aliphatic hydroxyl groups excluding tert-OH is 1. The molecule has 0 bridgehead atoms. The second kappa shape index (κ2) is 6.21. The van der Waals surface area contributed by atoms with Gasteiger partial charge in [0, 0.05) is 31.4 Å². The molecule has 1 fully saturated rings. The number of para-hydroxylation sites is 1. The van der Waals surface area contributed by atoms with Crippen LogP contribution in [0.1, 0.15) is 36.8 Å². The van der Waals surface area contributed by atoms with Crippen molar-refractivity contribution in [3.05, 3.63) is 29.3 Å². The highest BCUT2D eigenvalue weighted by atomic mass is 16.2. The number of rotatable bonds is 5. The average Bonchev–Trinajstić information content (AvgIpc) is 2.83. The number of anilines is 1. The lowest BCUT2D eigenvalue weighted by Crippen LogP contribution is -2.31. The molecule has 0 aliphatic carbocycles. The molecule has 1 heterocycles. The van der Waals surface area contributed by atoms with Gasteiger partial charge < -0.3 is 15.7 Å². The van der Waals surface area contributed by atoms with Gasteiger partial charge in [-0.2, -0.15) is 0 Å². The second-order valence-electron chi connectivity index (χ2n) is 5.14. The highest BCUT2D eigenvalue weighted by molar-refractivity contribution is 5.60. The summed E-state index contributed by atoms with van der Waals surface area (Å²) in [4.78, 5) is 2.51. The largest absolute Gasteiger partial charge is 0.396 e. The zero-order valence-corrected chi connectivity index (χ0v) is 11.2. The molecule has 2 rings (SSSR count). The molecule has 3 N–H and O–H groups in total. The molecule has 1 atom stereocenters. The van der Waals surface area contributed by atoms with Crippen molar-refractivity contribution < 1.29 is 5.11 Å². The van der Waals surface area contributed by atoms with Crippen LogP contribution in [0.25, 0.3) is 0 Å². The topological polar surface area (TPSA) is 49.5 Å². The maximum absolute atomic E-state index is 9.00. The fourth-order valence-corrected chi connectivity index (χ4v) is 3.05. The molecule has 1 aromatic rings. The summed E-state index contributed by atoms with van der Waals surface area (Å²) in [5, 5.41) is 9.00. The minimum atomic E-state index is 0.294. The fourth-order valence-electron chi connectivity index (χ4n) is 3.05. The third kappa shape index (κ3) is 2.68. The molecule has 100 valence electrons. The Labute approximate surface area is 110 Å². The molecule has 1 unspecified atom stereocenters. The van der Waals surface area contributed by atoms with Crippen molar-refractivity contribution in [3.63, 3.8) is 0 Å². The molecule has 3 nitrogen and oxygen atoms in total. The summed E-state index contributed by atoms with van der Waals surface area (Å²) < 4.78 is 0. The summed E-state index contributed by atoms with van der Waals surface area (Å²) >= 11 is 0. The summed E-state index contributed by atoms with van der Waals surface area (Å²) in [5.74, 6) is 0. The van der Waals surface area contributed by atoms with Crippen molar-refractivity contribution in [1.82, 2.24) is 0 Å². The van der Waals surface area contributed by atoms with Gasteiger partial charge >= 0.3 is 0 Å². The molecule has 1 aromatic carbocycles. The van der Waals surface area contributed by atoms with Crippen LogP contribution >= 0.6 is 0 Å². The lowest BCUT2D eigenvalue weighted by molar-refractivity contribution is 0.279. The lowest BCUT2D eigenvalue weighted by atomic mass is 10.0. The average molecular weight is 248 g/mol. The van der Waals surface area contributed by atoms with E-state index in [-0.39, 0.29) is 0 Å². The van der Waals surface area contributed by atoms with Crippen LogP contribution in [0, 0.1) is 6.92 Å². The normalized spacial score (nSPS) is 19.5. The van der Waals surface area contributed by atoms with Crippen molar-refractivity contribution in [2.24, 2.45) is 5.73 Å². The summed E-state index contributed by atoms with van der Waals surface area (Å²) in [6.07, 6.45) is 4.45. The number of nitrogens with zero attached hydrogens (tertiary/aromatic N) is 1. The SMILES string of the molecule is Cc1cccc(CN)c1N1CCCC1CCCO. The molecule has 0 amide bonds.